The van der Waals surface area contributed by atoms with Crippen molar-refractivity contribution >= 4 is 34.7 Å². The Labute approximate surface area is 179 Å². The molecule has 9 heteroatoms. The predicted molar refractivity (Wildman–Crippen MR) is 120 cm³/mol. The van der Waals surface area contributed by atoms with Gasteiger partial charge in [-0.05, 0) is 50.2 Å². The highest BCUT2D eigenvalue weighted by Crippen LogP contribution is 2.21. The van der Waals surface area contributed by atoms with Crippen molar-refractivity contribution in [1.29, 1.82) is 0 Å². The number of hydrogen-bond acceptors (Lipinski definition) is 7. The summed E-state index contributed by atoms with van der Waals surface area (Å²) in [6.45, 7) is 3.96. The first-order valence-electron chi connectivity index (χ1n) is 9.69. The lowest BCUT2D eigenvalue weighted by Crippen LogP contribution is -2.12. The Kier molecular flexibility index (Phi) is 5.57. The minimum absolute atomic E-state index is 0.259. The molecule has 0 saturated carbocycles. The van der Waals surface area contributed by atoms with E-state index in [9.17, 15) is 4.79 Å². The molecule has 31 heavy (non-hydrogen) atoms. The van der Waals surface area contributed by atoms with Crippen LogP contribution in [0.15, 0.2) is 60.8 Å². The second-order valence-electron chi connectivity index (χ2n) is 7.14. The lowest BCUT2D eigenvalue weighted by molar-refractivity contribution is 0.102. The molecule has 2 heterocycles. The van der Waals surface area contributed by atoms with Crippen molar-refractivity contribution in [2.45, 2.75) is 13.8 Å². The van der Waals surface area contributed by atoms with Gasteiger partial charge in [0.05, 0.1) is 6.20 Å². The van der Waals surface area contributed by atoms with E-state index in [2.05, 4.69) is 36.2 Å². The van der Waals surface area contributed by atoms with Gasteiger partial charge in [-0.15, -0.1) is 5.10 Å². The first-order chi connectivity index (χ1) is 14.9. The Balaban J connectivity index is 1.43. The zero-order valence-corrected chi connectivity index (χ0v) is 17.4. The van der Waals surface area contributed by atoms with Gasteiger partial charge < -0.3 is 16.0 Å². The zero-order valence-electron chi connectivity index (χ0n) is 17.4. The Morgan fingerprint density at radius 3 is 2.19 bits per heavy atom. The molecular formula is C22H22N8O. The van der Waals surface area contributed by atoms with E-state index < -0.39 is 0 Å². The molecule has 1 amide bonds. The van der Waals surface area contributed by atoms with Gasteiger partial charge >= 0.3 is 0 Å². The average molecular weight is 414 g/mol. The number of amides is 1. The number of carbonyl (C=O) groups is 1. The molecule has 0 atom stereocenters. The first-order valence-corrected chi connectivity index (χ1v) is 9.69. The molecule has 0 aliphatic rings. The molecule has 4 aromatic rings. The van der Waals surface area contributed by atoms with Gasteiger partial charge in [-0.3, -0.25) is 9.48 Å². The summed E-state index contributed by atoms with van der Waals surface area (Å²) >= 11 is 0. The van der Waals surface area contributed by atoms with Crippen molar-refractivity contribution in [3.05, 3.63) is 77.7 Å². The third kappa shape index (κ3) is 5.21. The van der Waals surface area contributed by atoms with Gasteiger partial charge in [0.2, 0.25) is 5.95 Å². The monoisotopic (exact) mass is 414 g/mol. The number of hydrogen-bond donors (Lipinski definition) is 3. The smallest absolute Gasteiger partial charge is 0.277 e. The molecule has 2 aromatic heterocycles. The van der Waals surface area contributed by atoms with Gasteiger partial charge in [0.25, 0.3) is 5.91 Å². The molecule has 0 unspecified atom stereocenters. The van der Waals surface area contributed by atoms with Crippen LogP contribution in [0.25, 0.3) is 0 Å². The second-order valence-corrected chi connectivity index (χ2v) is 7.14. The molecule has 2 aromatic carbocycles. The van der Waals surface area contributed by atoms with E-state index >= 15 is 0 Å². The van der Waals surface area contributed by atoms with Crippen LogP contribution in [0, 0.1) is 13.8 Å². The summed E-state index contributed by atoms with van der Waals surface area (Å²) in [5, 5.41) is 16.9. The van der Waals surface area contributed by atoms with Crippen LogP contribution in [0.1, 0.15) is 21.7 Å². The number of anilines is 5. The molecule has 0 radical (unpaired) electrons. The predicted octanol–water partition coefficient (Wildman–Crippen LogP) is 3.96. The maximum Gasteiger partial charge on any atom is 0.277 e. The number of nitrogens with one attached hydrogen (secondary N) is 3. The van der Waals surface area contributed by atoms with Crippen molar-refractivity contribution < 1.29 is 4.79 Å². The van der Waals surface area contributed by atoms with Crippen LogP contribution in [-0.4, -0.2) is 30.9 Å². The molecule has 0 bridgehead atoms. The van der Waals surface area contributed by atoms with E-state index in [-0.39, 0.29) is 11.6 Å². The van der Waals surface area contributed by atoms with Crippen molar-refractivity contribution in [1.82, 2.24) is 25.0 Å². The largest absolute Gasteiger partial charge is 0.340 e. The quantitative estimate of drug-likeness (QED) is 0.438. The fraction of sp³-hybridized carbons (Fsp3) is 0.136. The summed E-state index contributed by atoms with van der Waals surface area (Å²) in [5.74, 6) is 0.865. The average Bonchev–Trinajstić information content (AvgIpc) is 3.17. The number of nitrogens with zero attached hydrogens (tertiary/aromatic N) is 5. The van der Waals surface area contributed by atoms with Gasteiger partial charge in [0.1, 0.15) is 5.82 Å². The first kappa shape index (κ1) is 20.0. The lowest BCUT2D eigenvalue weighted by atomic mass is 10.2. The second kappa shape index (κ2) is 8.62. The molecule has 0 saturated heterocycles. The van der Waals surface area contributed by atoms with Gasteiger partial charge in [-0.25, -0.2) is 4.98 Å². The Bertz CT molecular complexity index is 1200. The van der Waals surface area contributed by atoms with Crippen molar-refractivity contribution in [2.75, 3.05) is 16.0 Å². The van der Waals surface area contributed by atoms with E-state index in [0.29, 0.717) is 17.5 Å². The van der Waals surface area contributed by atoms with E-state index in [1.165, 1.54) is 10.2 Å². The van der Waals surface area contributed by atoms with Gasteiger partial charge in [0, 0.05) is 35.9 Å². The van der Waals surface area contributed by atoms with Crippen LogP contribution in [0.3, 0.4) is 0 Å². The van der Waals surface area contributed by atoms with Gasteiger partial charge in [0.15, 0.2) is 5.69 Å². The Hall–Kier alpha value is -4.27. The van der Waals surface area contributed by atoms with Crippen LogP contribution < -0.4 is 16.0 Å². The Morgan fingerprint density at radius 1 is 0.871 bits per heavy atom. The summed E-state index contributed by atoms with van der Waals surface area (Å²) in [6.07, 6.45) is 1.56. The van der Waals surface area contributed by atoms with Crippen LogP contribution in [0.2, 0.25) is 0 Å². The van der Waals surface area contributed by atoms with E-state index in [4.69, 9.17) is 0 Å². The number of carbonyl (C=O) groups excluding carboxylic acids is 1. The summed E-state index contributed by atoms with van der Waals surface area (Å²) in [5.41, 5.74) is 4.69. The molecule has 0 aliphatic heterocycles. The molecule has 4 rings (SSSR count). The van der Waals surface area contributed by atoms with Crippen molar-refractivity contribution in [3.8, 4) is 0 Å². The maximum absolute atomic E-state index is 12.2. The standard InChI is InChI=1S/C22H22N8O/c1-14-4-6-18(7-5-14)26-22-23-15(2)12-20(27-22)24-16-8-10-17(11-9-16)25-21(31)19-13-30(3)29-28-19/h4-13H,1-3H3,(H,25,31)(H2,23,24,26,27). The summed E-state index contributed by atoms with van der Waals surface area (Å²) in [4.78, 5) is 21.2. The minimum Gasteiger partial charge on any atom is -0.340 e. The third-order valence-corrected chi connectivity index (χ3v) is 4.41. The number of aryl methyl sites for hydroxylation is 3. The van der Waals surface area contributed by atoms with Crippen molar-refractivity contribution in [2.24, 2.45) is 7.05 Å². The number of aromatic nitrogens is 5. The minimum atomic E-state index is -0.313. The van der Waals surface area contributed by atoms with Crippen LogP contribution >= 0.6 is 0 Å². The van der Waals surface area contributed by atoms with E-state index in [1.54, 1.807) is 25.4 Å². The molecule has 0 spiro atoms. The molecule has 156 valence electrons. The highest BCUT2D eigenvalue weighted by molar-refractivity contribution is 6.02. The van der Waals surface area contributed by atoms with Crippen LogP contribution in [-0.2, 0) is 7.05 Å². The Morgan fingerprint density at radius 2 is 1.52 bits per heavy atom. The molecular weight excluding hydrogens is 392 g/mol. The summed E-state index contributed by atoms with van der Waals surface area (Å²) in [7, 11) is 1.71. The fourth-order valence-corrected chi connectivity index (χ4v) is 2.89. The number of benzene rings is 2. The lowest BCUT2D eigenvalue weighted by Gasteiger charge is -2.11. The third-order valence-electron chi connectivity index (χ3n) is 4.41. The highest BCUT2D eigenvalue weighted by atomic mass is 16.2. The van der Waals surface area contributed by atoms with Crippen molar-refractivity contribution in [3.63, 3.8) is 0 Å². The summed E-state index contributed by atoms with van der Waals surface area (Å²) < 4.78 is 1.48. The van der Waals surface area contributed by atoms with Crippen LogP contribution in [0.4, 0.5) is 28.8 Å². The van der Waals surface area contributed by atoms with E-state index in [0.717, 1.165) is 17.1 Å². The zero-order chi connectivity index (χ0) is 21.8. The molecule has 0 aliphatic carbocycles. The molecule has 3 N–H and O–H groups in total. The normalized spacial score (nSPS) is 10.5. The molecule has 0 fully saturated rings. The summed E-state index contributed by atoms with van der Waals surface area (Å²) in [6, 6.07) is 17.2. The van der Waals surface area contributed by atoms with Crippen LogP contribution in [0.5, 0.6) is 0 Å². The maximum atomic E-state index is 12.2. The number of rotatable bonds is 6. The van der Waals surface area contributed by atoms with Gasteiger partial charge in [-0.2, -0.15) is 4.98 Å². The topological polar surface area (TPSA) is 110 Å². The van der Waals surface area contributed by atoms with E-state index in [1.807, 2.05) is 56.3 Å². The molecule has 9 nitrogen and oxygen atoms in total. The van der Waals surface area contributed by atoms with Gasteiger partial charge in [-0.1, -0.05) is 22.9 Å². The highest BCUT2D eigenvalue weighted by Gasteiger charge is 2.10. The SMILES string of the molecule is Cc1ccc(Nc2nc(C)cc(Nc3ccc(NC(=O)c4cn(C)nn4)cc3)n2)cc1. The fourth-order valence-electron chi connectivity index (χ4n) is 2.89.